The largest absolute Gasteiger partial charge is 0.314 e. The van der Waals surface area contributed by atoms with Crippen LogP contribution in [-0.4, -0.2) is 12.0 Å². The van der Waals surface area contributed by atoms with Crippen LogP contribution in [0.25, 0.3) is 0 Å². The first-order valence-corrected chi connectivity index (χ1v) is 3.85. The highest BCUT2D eigenvalue weighted by molar-refractivity contribution is 6.30. The van der Waals surface area contributed by atoms with Gasteiger partial charge in [-0.2, -0.15) is 5.26 Å². The summed E-state index contributed by atoms with van der Waals surface area (Å²) < 4.78 is 0. The maximum Gasteiger partial charge on any atom is 0.142 e. The van der Waals surface area contributed by atoms with Gasteiger partial charge in [0.2, 0.25) is 0 Å². The topological polar surface area (TPSA) is 48.7 Å². The van der Waals surface area contributed by atoms with Crippen molar-refractivity contribution in [3.63, 3.8) is 0 Å². The van der Waals surface area contributed by atoms with Crippen molar-refractivity contribution in [3.05, 3.63) is 28.5 Å². The van der Waals surface area contributed by atoms with Crippen LogP contribution in [0.2, 0.25) is 5.02 Å². The van der Waals surface area contributed by atoms with Crippen molar-refractivity contribution >= 4 is 11.6 Å². The van der Waals surface area contributed by atoms with Crippen LogP contribution in [0.1, 0.15) is 11.4 Å². The van der Waals surface area contributed by atoms with E-state index in [4.69, 9.17) is 16.9 Å². The molecule has 1 rings (SSSR count). The number of nitriles is 1. The molecule has 0 fully saturated rings. The average Bonchev–Trinajstić information content (AvgIpc) is 2.04. The van der Waals surface area contributed by atoms with E-state index in [1.54, 1.807) is 12.1 Å². The van der Waals surface area contributed by atoms with Gasteiger partial charge in [-0.25, -0.2) is 4.98 Å². The predicted molar refractivity (Wildman–Crippen MR) is 46.7 cm³/mol. The third kappa shape index (κ3) is 2.19. The first-order valence-electron chi connectivity index (χ1n) is 3.47. The third-order valence-corrected chi connectivity index (χ3v) is 1.53. The van der Waals surface area contributed by atoms with E-state index >= 15 is 0 Å². The average molecular weight is 182 g/mol. The molecule has 1 aromatic rings. The minimum Gasteiger partial charge on any atom is -0.314 e. The second-order valence-electron chi connectivity index (χ2n) is 2.30. The quantitative estimate of drug-likeness (QED) is 0.749. The Kier molecular flexibility index (Phi) is 3.03. The van der Waals surface area contributed by atoms with Gasteiger partial charge in [0, 0.05) is 11.6 Å². The summed E-state index contributed by atoms with van der Waals surface area (Å²) >= 11 is 5.75. The van der Waals surface area contributed by atoms with Gasteiger partial charge in [0.15, 0.2) is 0 Å². The summed E-state index contributed by atoms with van der Waals surface area (Å²) in [5, 5.41) is 12.0. The molecule has 0 spiro atoms. The van der Waals surface area contributed by atoms with E-state index in [-0.39, 0.29) is 0 Å². The Bertz CT molecular complexity index is 317. The summed E-state index contributed by atoms with van der Waals surface area (Å²) in [4.78, 5) is 4.03. The molecule has 1 aromatic heterocycles. The minimum atomic E-state index is 0.354. The molecule has 0 amide bonds. The number of rotatable bonds is 2. The maximum atomic E-state index is 8.56. The summed E-state index contributed by atoms with van der Waals surface area (Å²) in [5.41, 5.74) is 1.13. The van der Waals surface area contributed by atoms with Gasteiger partial charge in [0.05, 0.1) is 5.69 Å². The highest BCUT2D eigenvalue weighted by atomic mass is 35.5. The summed E-state index contributed by atoms with van der Waals surface area (Å²) in [7, 11) is 1.81. The Hall–Kier alpha value is -1.11. The SMILES string of the molecule is CNCc1cc(Cl)cc(C#N)n1. The summed E-state index contributed by atoms with van der Waals surface area (Å²) in [6, 6.07) is 5.22. The molecule has 1 N–H and O–H groups in total. The van der Waals surface area contributed by atoms with Crippen LogP contribution in [-0.2, 0) is 6.54 Å². The molecule has 0 atom stereocenters. The maximum absolute atomic E-state index is 8.56. The number of pyridine rings is 1. The first kappa shape index (κ1) is 8.98. The third-order valence-electron chi connectivity index (χ3n) is 1.32. The minimum absolute atomic E-state index is 0.354. The molecule has 4 heteroatoms. The number of nitrogens with zero attached hydrogens (tertiary/aromatic N) is 2. The van der Waals surface area contributed by atoms with Gasteiger partial charge in [-0.3, -0.25) is 0 Å². The Labute approximate surface area is 76.0 Å². The number of hydrogen-bond donors (Lipinski definition) is 1. The Morgan fingerprint density at radius 2 is 2.42 bits per heavy atom. The molecule has 0 radical (unpaired) electrons. The zero-order valence-corrected chi connectivity index (χ0v) is 7.39. The molecule has 0 aliphatic rings. The van der Waals surface area contributed by atoms with Gasteiger partial charge in [-0.15, -0.1) is 0 Å². The molecule has 0 saturated carbocycles. The zero-order valence-electron chi connectivity index (χ0n) is 6.63. The van der Waals surface area contributed by atoms with E-state index in [9.17, 15) is 0 Å². The number of hydrogen-bond acceptors (Lipinski definition) is 3. The lowest BCUT2D eigenvalue weighted by molar-refractivity contribution is 0.789. The van der Waals surface area contributed by atoms with Crippen molar-refractivity contribution in [2.45, 2.75) is 6.54 Å². The highest BCUT2D eigenvalue weighted by Gasteiger charge is 1.99. The van der Waals surface area contributed by atoms with Crippen molar-refractivity contribution in [3.8, 4) is 6.07 Å². The number of halogens is 1. The normalized spacial score (nSPS) is 9.42. The molecular formula is C8H8ClN3. The van der Waals surface area contributed by atoms with Crippen LogP contribution in [0, 0.1) is 11.3 Å². The number of aromatic nitrogens is 1. The highest BCUT2D eigenvalue weighted by Crippen LogP contribution is 2.10. The Balaban J connectivity index is 3.00. The Morgan fingerprint density at radius 1 is 1.67 bits per heavy atom. The molecule has 62 valence electrons. The van der Waals surface area contributed by atoms with Gasteiger partial charge in [0.1, 0.15) is 11.8 Å². The van der Waals surface area contributed by atoms with Gasteiger partial charge >= 0.3 is 0 Å². The van der Waals surface area contributed by atoms with Crippen LogP contribution in [0.15, 0.2) is 12.1 Å². The van der Waals surface area contributed by atoms with Crippen molar-refractivity contribution in [1.29, 1.82) is 5.26 Å². The molecule has 0 unspecified atom stereocenters. The molecule has 0 aliphatic heterocycles. The molecule has 0 aromatic carbocycles. The summed E-state index contributed by atoms with van der Waals surface area (Å²) in [5.74, 6) is 0. The molecule has 12 heavy (non-hydrogen) atoms. The van der Waals surface area contributed by atoms with E-state index in [0.717, 1.165) is 5.69 Å². The monoisotopic (exact) mass is 181 g/mol. The van der Waals surface area contributed by atoms with Crippen LogP contribution < -0.4 is 5.32 Å². The zero-order chi connectivity index (χ0) is 8.97. The lowest BCUT2D eigenvalue weighted by atomic mass is 10.3. The van der Waals surface area contributed by atoms with Gasteiger partial charge < -0.3 is 5.32 Å². The molecule has 3 nitrogen and oxygen atoms in total. The lowest BCUT2D eigenvalue weighted by Crippen LogP contribution is -2.07. The molecule has 0 bridgehead atoms. The van der Waals surface area contributed by atoms with Crippen molar-refractivity contribution in [2.24, 2.45) is 0 Å². The number of nitrogens with one attached hydrogen (secondary N) is 1. The molecular weight excluding hydrogens is 174 g/mol. The summed E-state index contributed by atoms with van der Waals surface area (Å²) in [6.45, 7) is 0.620. The molecule has 0 aliphatic carbocycles. The van der Waals surface area contributed by atoms with Crippen LogP contribution in [0.4, 0.5) is 0 Å². The van der Waals surface area contributed by atoms with Gasteiger partial charge in [-0.05, 0) is 19.2 Å². The van der Waals surface area contributed by atoms with Gasteiger partial charge in [0.25, 0.3) is 0 Å². The van der Waals surface area contributed by atoms with Crippen LogP contribution >= 0.6 is 11.6 Å². The van der Waals surface area contributed by atoms with E-state index < -0.39 is 0 Å². The van der Waals surface area contributed by atoms with Crippen molar-refractivity contribution < 1.29 is 0 Å². The standard InChI is InChI=1S/C8H8ClN3/c1-11-5-8-3-6(9)2-7(4-10)12-8/h2-3,11H,5H2,1H3. The van der Waals surface area contributed by atoms with E-state index in [1.807, 2.05) is 13.1 Å². The second kappa shape index (κ2) is 4.05. The summed E-state index contributed by atoms with van der Waals surface area (Å²) in [6.07, 6.45) is 0. The van der Waals surface area contributed by atoms with E-state index in [2.05, 4.69) is 10.3 Å². The lowest BCUT2D eigenvalue weighted by Gasteiger charge is -1.99. The van der Waals surface area contributed by atoms with Crippen molar-refractivity contribution in [1.82, 2.24) is 10.3 Å². The smallest absolute Gasteiger partial charge is 0.142 e. The molecule has 1 heterocycles. The van der Waals surface area contributed by atoms with Crippen molar-refractivity contribution in [2.75, 3.05) is 7.05 Å². The second-order valence-corrected chi connectivity index (χ2v) is 2.74. The fourth-order valence-electron chi connectivity index (χ4n) is 0.880. The van der Waals surface area contributed by atoms with Crippen LogP contribution in [0.3, 0.4) is 0 Å². The van der Waals surface area contributed by atoms with E-state index in [0.29, 0.717) is 17.3 Å². The van der Waals surface area contributed by atoms with Crippen LogP contribution in [0.5, 0.6) is 0 Å². The fraction of sp³-hybridized carbons (Fsp3) is 0.250. The van der Waals surface area contributed by atoms with Gasteiger partial charge in [-0.1, -0.05) is 11.6 Å². The molecule has 0 saturated heterocycles. The Morgan fingerprint density at radius 3 is 3.00 bits per heavy atom. The first-order chi connectivity index (χ1) is 5.76. The fourth-order valence-corrected chi connectivity index (χ4v) is 1.11. The predicted octanol–water partition coefficient (Wildman–Crippen LogP) is 1.33. The van der Waals surface area contributed by atoms with E-state index in [1.165, 1.54) is 0 Å².